The normalized spacial score (nSPS) is 19.6. The minimum absolute atomic E-state index is 0. The Labute approximate surface area is 95.5 Å². The van der Waals surface area contributed by atoms with Crippen molar-refractivity contribution in [1.82, 2.24) is 5.32 Å². The van der Waals surface area contributed by atoms with Gasteiger partial charge >= 0.3 is 0 Å². The topological polar surface area (TPSA) is 55.1 Å². The minimum atomic E-state index is -0.326. The predicted octanol–water partition coefficient (Wildman–Crippen LogP) is 1.28. The number of hydrogen-bond acceptors (Lipinski definition) is 2. The first-order valence-electron chi connectivity index (χ1n) is 4.88. The highest BCUT2D eigenvalue weighted by Crippen LogP contribution is 2.25. The van der Waals surface area contributed by atoms with E-state index >= 15 is 0 Å². The third-order valence-corrected chi connectivity index (χ3v) is 2.73. The number of carbonyl (C=O) groups is 1. The minimum Gasteiger partial charge on any atom is -0.366 e. The molecule has 1 aromatic carbocycles. The third-order valence-electron chi connectivity index (χ3n) is 2.73. The Morgan fingerprint density at radius 2 is 2.13 bits per heavy atom. The first kappa shape index (κ1) is 12.0. The van der Waals surface area contributed by atoms with Crippen LogP contribution in [0.3, 0.4) is 0 Å². The summed E-state index contributed by atoms with van der Waals surface area (Å²) in [5.74, 6) is 0.117. The van der Waals surface area contributed by atoms with E-state index in [1.54, 1.807) is 6.07 Å². The van der Waals surface area contributed by atoms with Crippen LogP contribution in [0.4, 0.5) is 0 Å². The van der Waals surface area contributed by atoms with Crippen LogP contribution in [0, 0.1) is 0 Å². The molecule has 1 aliphatic rings. The molecule has 15 heavy (non-hydrogen) atoms. The van der Waals surface area contributed by atoms with E-state index in [4.69, 9.17) is 5.73 Å². The van der Waals surface area contributed by atoms with Crippen LogP contribution < -0.4 is 11.1 Å². The summed E-state index contributed by atoms with van der Waals surface area (Å²) in [6, 6.07) is 7.61. The molecule has 0 saturated carbocycles. The lowest BCUT2D eigenvalue weighted by atomic mass is 9.93. The Bertz CT molecular complexity index is 348. The Hall–Kier alpha value is -1.06. The number of amides is 1. The van der Waals surface area contributed by atoms with Gasteiger partial charge in [-0.05, 0) is 30.5 Å². The SMILES string of the molecule is Cl.NC(=O)c1ccccc1C1CCNC1. The maximum atomic E-state index is 11.2. The molecule has 1 aromatic rings. The van der Waals surface area contributed by atoms with E-state index in [0.717, 1.165) is 25.1 Å². The summed E-state index contributed by atoms with van der Waals surface area (Å²) in [6.45, 7) is 1.97. The van der Waals surface area contributed by atoms with Crippen LogP contribution >= 0.6 is 12.4 Å². The molecule has 0 radical (unpaired) electrons. The van der Waals surface area contributed by atoms with Gasteiger partial charge in [-0.2, -0.15) is 0 Å². The number of benzene rings is 1. The van der Waals surface area contributed by atoms with Gasteiger partial charge in [0.1, 0.15) is 0 Å². The number of primary amides is 1. The molecule has 0 aliphatic carbocycles. The molecule has 0 bridgehead atoms. The van der Waals surface area contributed by atoms with E-state index in [2.05, 4.69) is 5.32 Å². The highest BCUT2D eigenvalue weighted by molar-refractivity contribution is 5.94. The molecule has 2 rings (SSSR count). The Morgan fingerprint density at radius 3 is 2.73 bits per heavy atom. The van der Waals surface area contributed by atoms with Gasteiger partial charge < -0.3 is 11.1 Å². The van der Waals surface area contributed by atoms with Crippen LogP contribution in [-0.2, 0) is 0 Å². The summed E-state index contributed by atoms with van der Waals surface area (Å²) < 4.78 is 0. The predicted molar refractivity (Wildman–Crippen MR) is 62.4 cm³/mol. The Morgan fingerprint density at radius 1 is 1.40 bits per heavy atom. The fraction of sp³-hybridized carbons (Fsp3) is 0.364. The first-order chi connectivity index (χ1) is 6.79. The van der Waals surface area contributed by atoms with Gasteiger partial charge in [0.05, 0.1) is 0 Å². The van der Waals surface area contributed by atoms with Crippen molar-refractivity contribution < 1.29 is 4.79 Å². The average Bonchev–Trinajstić information content (AvgIpc) is 2.70. The summed E-state index contributed by atoms with van der Waals surface area (Å²) in [4.78, 5) is 11.2. The van der Waals surface area contributed by atoms with Crippen LogP contribution in [0.15, 0.2) is 24.3 Å². The largest absolute Gasteiger partial charge is 0.366 e. The summed E-state index contributed by atoms with van der Waals surface area (Å²) in [6.07, 6.45) is 1.09. The maximum Gasteiger partial charge on any atom is 0.248 e. The average molecular weight is 227 g/mol. The van der Waals surface area contributed by atoms with Crippen molar-refractivity contribution >= 4 is 18.3 Å². The van der Waals surface area contributed by atoms with E-state index in [9.17, 15) is 4.79 Å². The lowest BCUT2D eigenvalue weighted by molar-refractivity contribution is 0.0999. The van der Waals surface area contributed by atoms with Crippen LogP contribution in [0.5, 0.6) is 0 Å². The molecule has 1 unspecified atom stereocenters. The monoisotopic (exact) mass is 226 g/mol. The van der Waals surface area contributed by atoms with Gasteiger partial charge in [-0.15, -0.1) is 12.4 Å². The van der Waals surface area contributed by atoms with Crippen LogP contribution in [0.2, 0.25) is 0 Å². The molecule has 1 aliphatic heterocycles. The molecule has 82 valence electrons. The van der Waals surface area contributed by atoms with E-state index in [1.165, 1.54) is 0 Å². The second-order valence-electron chi connectivity index (χ2n) is 3.64. The highest BCUT2D eigenvalue weighted by Gasteiger charge is 2.20. The van der Waals surface area contributed by atoms with Crippen LogP contribution in [0.25, 0.3) is 0 Å². The number of rotatable bonds is 2. The first-order valence-corrected chi connectivity index (χ1v) is 4.88. The number of carbonyl (C=O) groups excluding carboxylic acids is 1. The van der Waals surface area contributed by atoms with Crippen molar-refractivity contribution in [2.45, 2.75) is 12.3 Å². The van der Waals surface area contributed by atoms with Gasteiger partial charge in [-0.25, -0.2) is 0 Å². The van der Waals surface area contributed by atoms with Crippen molar-refractivity contribution in [3.63, 3.8) is 0 Å². The standard InChI is InChI=1S/C11H14N2O.ClH/c12-11(14)10-4-2-1-3-9(10)8-5-6-13-7-8;/h1-4,8,13H,5-7H2,(H2,12,14);1H. The van der Waals surface area contributed by atoms with Crippen LogP contribution in [-0.4, -0.2) is 19.0 Å². The summed E-state index contributed by atoms with van der Waals surface area (Å²) in [5.41, 5.74) is 7.08. The molecule has 4 heteroatoms. The fourth-order valence-corrected chi connectivity index (χ4v) is 2.00. The van der Waals surface area contributed by atoms with Crippen LogP contribution in [0.1, 0.15) is 28.3 Å². The van der Waals surface area contributed by atoms with E-state index in [-0.39, 0.29) is 18.3 Å². The molecule has 1 heterocycles. The Balaban J connectivity index is 0.00000112. The van der Waals surface area contributed by atoms with Crippen molar-refractivity contribution in [2.75, 3.05) is 13.1 Å². The lowest BCUT2D eigenvalue weighted by Gasteiger charge is -2.11. The lowest BCUT2D eigenvalue weighted by Crippen LogP contribution is -2.16. The molecule has 0 spiro atoms. The molecule has 0 aromatic heterocycles. The van der Waals surface area contributed by atoms with E-state index < -0.39 is 0 Å². The quantitative estimate of drug-likeness (QED) is 0.799. The Kier molecular flexibility index (Phi) is 4.12. The zero-order valence-electron chi connectivity index (χ0n) is 8.40. The van der Waals surface area contributed by atoms with Crippen molar-refractivity contribution in [1.29, 1.82) is 0 Å². The van der Waals surface area contributed by atoms with Gasteiger partial charge in [-0.1, -0.05) is 18.2 Å². The third kappa shape index (κ3) is 2.49. The second-order valence-corrected chi connectivity index (χ2v) is 3.64. The zero-order valence-corrected chi connectivity index (χ0v) is 9.22. The number of nitrogens with one attached hydrogen (secondary N) is 1. The molecule has 3 N–H and O–H groups in total. The van der Waals surface area contributed by atoms with E-state index in [1.807, 2.05) is 18.2 Å². The molecule has 1 atom stereocenters. The smallest absolute Gasteiger partial charge is 0.248 e. The summed E-state index contributed by atoms with van der Waals surface area (Å²) >= 11 is 0. The molecule has 1 amide bonds. The second kappa shape index (κ2) is 5.14. The van der Waals surface area contributed by atoms with Gasteiger partial charge in [0.25, 0.3) is 0 Å². The number of nitrogens with two attached hydrogens (primary N) is 1. The van der Waals surface area contributed by atoms with Gasteiger partial charge in [-0.3, -0.25) is 4.79 Å². The molecular weight excluding hydrogens is 212 g/mol. The van der Waals surface area contributed by atoms with Gasteiger partial charge in [0, 0.05) is 12.1 Å². The zero-order chi connectivity index (χ0) is 9.97. The molecule has 1 saturated heterocycles. The van der Waals surface area contributed by atoms with Gasteiger partial charge in [0.2, 0.25) is 5.91 Å². The van der Waals surface area contributed by atoms with E-state index in [0.29, 0.717) is 11.5 Å². The van der Waals surface area contributed by atoms with Crippen molar-refractivity contribution in [3.8, 4) is 0 Å². The van der Waals surface area contributed by atoms with Gasteiger partial charge in [0.15, 0.2) is 0 Å². The number of halogens is 1. The summed E-state index contributed by atoms with van der Waals surface area (Å²) in [5, 5.41) is 3.28. The fourth-order valence-electron chi connectivity index (χ4n) is 2.00. The number of hydrogen-bond donors (Lipinski definition) is 2. The highest BCUT2D eigenvalue weighted by atomic mass is 35.5. The summed E-state index contributed by atoms with van der Waals surface area (Å²) in [7, 11) is 0. The molecular formula is C11H15ClN2O. The maximum absolute atomic E-state index is 11.2. The van der Waals surface area contributed by atoms with Crippen molar-refractivity contribution in [2.24, 2.45) is 5.73 Å². The molecule has 1 fully saturated rings. The van der Waals surface area contributed by atoms with Crippen molar-refractivity contribution in [3.05, 3.63) is 35.4 Å². The molecule has 3 nitrogen and oxygen atoms in total.